The van der Waals surface area contributed by atoms with E-state index in [1.807, 2.05) is 4.90 Å². The molecule has 2 atom stereocenters. The van der Waals surface area contributed by atoms with Gasteiger partial charge in [0.15, 0.2) is 11.6 Å². The molecule has 2 aromatic heterocycles. The number of rotatable bonds is 6. The van der Waals surface area contributed by atoms with Gasteiger partial charge >= 0.3 is 18.4 Å². The van der Waals surface area contributed by atoms with Gasteiger partial charge in [0.1, 0.15) is 12.2 Å². The molecule has 2 bridgehead atoms. The standard InChI is InChI=1S/C23H21F7N6O/c24-16-3-1-2-4-17(16)37-21-33-20(34-36(21)12-22(25,26)27)32-19-13-5-6-14(19)11-35(10-13)15-7-8-31-18(9-15)23(28,29)30/h1-4,7-9,13-14,19H,5-6,10-12H2,(H,32,34). The van der Waals surface area contributed by atoms with Crippen molar-refractivity contribution >= 4 is 11.6 Å². The molecule has 3 heterocycles. The summed E-state index contributed by atoms with van der Waals surface area (Å²) in [4.78, 5) is 9.31. The molecule has 1 saturated carbocycles. The number of nitrogens with one attached hydrogen (secondary N) is 1. The van der Waals surface area contributed by atoms with Gasteiger partial charge < -0.3 is 15.0 Å². The van der Waals surface area contributed by atoms with Gasteiger partial charge in [-0.3, -0.25) is 4.98 Å². The molecule has 7 nitrogen and oxygen atoms in total. The molecule has 14 heteroatoms. The molecule has 5 rings (SSSR count). The summed E-state index contributed by atoms with van der Waals surface area (Å²) in [5.74, 6) is -1.18. The van der Waals surface area contributed by atoms with Gasteiger partial charge in [-0.05, 0) is 48.9 Å². The zero-order valence-corrected chi connectivity index (χ0v) is 19.1. The summed E-state index contributed by atoms with van der Waals surface area (Å²) in [6, 6.07) is 7.05. The van der Waals surface area contributed by atoms with Crippen LogP contribution in [-0.4, -0.2) is 45.1 Å². The van der Waals surface area contributed by atoms with Crippen molar-refractivity contribution in [2.45, 2.75) is 37.8 Å². The zero-order chi connectivity index (χ0) is 26.4. The summed E-state index contributed by atoms with van der Waals surface area (Å²) in [5.41, 5.74) is -0.565. The van der Waals surface area contributed by atoms with E-state index in [9.17, 15) is 30.7 Å². The van der Waals surface area contributed by atoms with E-state index in [2.05, 4.69) is 20.4 Å². The van der Waals surface area contributed by atoms with Crippen LogP contribution in [0.3, 0.4) is 0 Å². The highest BCUT2D eigenvalue weighted by Crippen LogP contribution is 2.41. The van der Waals surface area contributed by atoms with Crippen molar-refractivity contribution in [1.82, 2.24) is 19.7 Å². The van der Waals surface area contributed by atoms with E-state index < -0.39 is 36.4 Å². The zero-order valence-electron chi connectivity index (χ0n) is 19.1. The fraction of sp³-hybridized carbons (Fsp3) is 0.435. The lowest BCUT2D eigenvalue weighted by Crippen LogP contribution is -2.48. The van der Waals surface area contributed by atoms with E-state index in [-0.39, 0.29) is 29.6 Å². The van der Waals surface area contributed by atoms with Crippen molar-refractivity contribution in [3.8, 4) is 11.8 Å². The van der Waals surface area contributed by atoms with Gasteiger partial charge in [0.2, 0.25) is 5.95 Å². The second kappa shape index (κ2) is 9.38. The Morgan fingerprint density at radius 3 is 2.35 bits per heavy atom. The minimum atomic E-state index is -4.62. The number of pyridine rings is 1. The van der Waals surface area contributed by atoms with Crippen LogP contribution in [-0.2, 0) is 12.7 Å². The van der Waals surface area contributed by atoms with E-state index in [0.717, 1.165) is 31.2 Å². The third kappa shape index (κ3) is 5.57. The van der Waals surface area contributed by atoms with Gasteiger partial charge in [-0.1, -0.05) is 12.1 Å². The van der Waals surface area contributed by atoms with Crippen molar-refractivity contribution in [2.24, 2.45) is 11.8 Å². The fourth-order valence-electron chi connectivity index (χ4n) is 4.95. The van der Waals surface area contributed by atoms with Crippen molar-refractivity contribution in [1.29, 1.82) is 0 Å². The Hall–Kier alpha value is -3.58. The van der Waals surface area contributed by atoms with Crippen LogP contribution in [0, 0.1) is 17.7 Å². The first-order valence-corrected chi connectivity index (χ1v) is 11.4. The highest BCUT2D eigenvalue weighted by molar-refractivity contribution is 5.49. The van der Waals surface area contributed by atoms with Crippen LogP contribution in [0.5, 0.6) is 11.8 Å². The molecule has 0 amide bonds. The minimum absolute atomic E-state index is 0.00763. The number of benzene rings is 1. The number of fused-ring (bicyclic) bond motifs is 2. The highest BCUT2D eigenvalue weighted by Gasteiger charge is 2.43. The van der Waals surface area contributed by atoms with Crippen LogP contribution < -0.4 is 15.0 Å². The molecule has 198 valence electrons. The number of ether oxygens (including phenoxy) is 1. The topological polar surface area (TPSA) is 68.1 Å². The molecule has 1 aliphatic heterocycles. The molecule has 37 heavy (non-hydrogen) atoms. The number of para-hydroxylation sites is 1. The Morgan fingerprint density at radius 2 is 1.70 bits per heavy atom. The Bertz CT molecular complexity index is 1250. The van der Waals surface area contributed by atoms with Crippen LogP contribution >= 0.6 is 0 Å². The number of hydrogen-bond donors (Lipinski definition) is 1. The molecule has 3 aromatic rings. The first-order chi connectivity index (χ1) is 17.5. The van der Waals surface area contributed by atoms with Gasteiger partial charge in [-0.15, -0.1) is 5.10 Å². The van der Waals surface area contributed by atoms with Gasteiger partial charge in [0, 0.05) is 31.0 Å². The van der Waals surface area contributed by atoms with Gasteiger partial charge in [-0.2, -0.15) is 31.3 Å². The molecular weight excluding hydrogens is 509 g/mol. The smallest absolute Gasteiger partial charge is 0.421 e. The first kappa shape index (κ1) is 25.1. The molecule has 2 fully saturated rings. The Morgan fingerprint density at radius 1 is 1.00 bits per heavy atom. The van der Waals surface area contributed by atoms with Gasteiger partial charge in [0.25, 0.3) is 0 Å². The van der Waals surface area contributed by atoms with Crippen molar-refractivity contribution < 1.29 is 35.5 Å². The third-order valence-corrected chi connectivity index (χ3v) is 6.53. The van der Waals surface area contributed by atoms with E-state index in [4.69, 9.17) is 4.74 Å². The summed E-state index contributed by atoms with van der Waals surface area (Å²) in [6.07, 6.45) is -6.50. The van der Waals surface area contributed by atoms with Crippen LogP contribution in [0.4, 0.5) is 42.4 Å². The quantitative estimate of drug-likeness (QED) is 0.424. The maximum absolute atomic E-state index is 14.0. The number of hydrogen-bond acceptors (Lipinski definition) is 6. The molecular formula is C23H21F7N6O. The molecule has 0 radical (unpaired) electrons. The predicted octanol–water partition coefficient (Wildman–Crippen LogP) is 5.51. The van der Waals surface area contributed by atoms with Crippen LogP contribution in [0.2, 0.25) is 0 Å². The summed E-state index contributed by atoms with van der Waals surface area (Å²) in [5, 5.41) is 7.00. The molecule has 1 aromatic carbocycles. The molecule has 2 aliphatic rings. The minimum Gasteiger partial charge on any atom is -0.421 e. The number of nitrogens with zero attached hydrogens (tertiary/aromatic N) is 5. The van der Waals surface area contributed by atoms with Crippen LogP contribution in [0.25, 0.3) is 0 Å². The van der Waals surface area contributed by atoms with Crippen LogP contribution in [0.1, 0.15) is 18.5 Å². The number of halogens is 7. The monoisotopic (exact) mass is 530 g/mol. The Balaban J connectivity index is 1.34. The third-order valence-electron chi connectivity index (χ3n) is 6.53. The van der Waals surface area contributed by atoms with Crippen molar-refractivity contribution in [2.75, 3.05) is 23.3 Å². The maximum atomic E-state index is 14.0. The summed E-state index contributed by atoms with van der Waals surface area (Å²) in [7, 11) is 0. The van der Waals surface area contributed by atoms with E-state index in [0.29, 0.717) is 23.5 Å². The molecule has 1 N–H and O–H groups in total. The Kier molecular flexibility index (Phi) is 6.36. The van der Waals surface area contributed by atoms with E-state index >= 15 is 0 Å². The predicted molar refractivity (Wildman–Crippen MR) is 118 cm³/mol. The second-order valence-corrected chi connectivity index (χ2v) is 9.09. The number of aromatic nitrogens is 4. The highest BCUT2D eigenvalue weighted by atomic mass is 19.4. The average molecular weight is 530 g/mol. The largest absolute Gasteiger partial charge is 0.433 e. The summed E-state index contributed by atoms with van der Waals surface area (Å²) < 4.78 is 98.5. The second-order valence-electron chi connectivity index (χ2n) is 9.09. The molecule has 1 saturated heterocycles. The summed E-state index contributed by atoms with van der Waals surface area (Å²) in [6.45, 7) is -0.602. The normalized spacial score (nSPS) is 21.8. The lowest BCUT2D eigenvalue weighted by atomic mass is 9.92. The maximum Gasteiger partial charge on any atom is 0.433 e. The van der Waals surface area contributed by atoms with Crippen molar-refractivity contribution in [3.05, 3.63) is 54.1 Å². The SMILES string of the molecule is Fc1ccccc1Oc1nc(NC2C3CCC2CN(c2ccnc(C(F)(F)F)c2)C3)nn1CC(F)(F)F. The lowest BCUT2D eigenvalue weighted by Gasteiger charge is -2.39. The average Bonchev–Trinajstić information content (AvgIpc) is 3.27. The van der Waals surface area contributed by atoms with Crippen LogP contribution in [0.15, 0.2) is 42.6 Å². The van der Waals surface area contributed by atoms with E-state index in [1.54, 1.807) is 0 Å². The van der Waals surface area contributed by atoms with Gasteiger partial charge in [0.05, 0.1) is 0 Å². The number of anilines is 2. The Labute approximate surface area is 206 Å². The molecule has 2 unspecified atom stereocenters. The lowest BCUT2D eigenvalue weighted by molar-refractivity contribution is -0.143. The number of piperidine rings is 1. The van der Waals surface area contributed by atoms with E-state index in [1.165, 1.54) is 24.3 Å². The van der Waals surface area contributed by atoms with Crippen molar-refractivity contribution in [3.63, 3.8) is 0 Å². The first-order valence-electron chi connectivity index (χ1n) is 11.4. The summed E-state index contributed by atoms with van der Waals surface area (Å²) >= 11 is 0. The molecule has 0 spiro atoms. The fourth-order valence-corrected chi connectivity index (χ4v) is 4.95. The molecule has 1 aliphatic carbocycles. The van der Waals surface area contributed by atoms with Gasteiger partial charge in [-0.25, -0.2) is 9.07 Å². The number of alkyl halides is 6.